The van der Waals surface area contributed by atoms with E-state index >= 15 is 0 Å². The summed E-state index contributed by atoms with van der Waals surface area (Å²) in [6, 6.07) is 16.0. The number of aromatic nitrogens is 1. The molecule has 0 spiro atoms. The fraction of sp³-hybridized carbons (Fsp3) is 0.176. The summed E-state index contributed by atoms with van der Waals surface area (Å²) in [5.41, 5.74) is 6.51. The lowest BCUT2D eigenvalue weighted by atomic mass is 10.2. The number of para-hydroxylation sites is 1. The fourth-order valence-electron chi connectivity index (χ4n) is 2.41. The molecule has 0 aliphatic rings. The van der Waals surface area contributed by atoms with E-state index in [0.717, 1.165) is 5.52 Å². The van der Waals surface area contributed by atoms with Crippen molar-refractivity contribution >= 4 is 49.5 Å². The molecule has 0 amide bonds. The molecule has 128 valence electrons. The molecule has 1 heterocycles. The number of nitrogens with one attached hydrogen (secondary N) is 1. The number of hydrogen-bond acceptors (Lipinski definition) is 4. The number of benzene rings is 2. The smallest absolute Gasteiger partial charge is 0.209 e. The molecule has 4 nitrogen and oxygen atoms in total. The van der Waals surface area contributed by atoms with Crippen LogP contribution < -0.4 is 5.73 Å². The van der Waals surface area contributed by atoms with Crippen molar-refractivity contribution in [2.75, 3.05) is 6.54 Å². The van der Waals surface area contributed by atoms with Gasteiger partial charge in [0.2, 0.25) is 9.84 Å². The third kappa shape index (κ3) is 3.54. The number of hydrogen-bond donors (Lipinski definition) is 2. The quantitative estimate of drug-likeness (QED) is 0.603. The molecule has 0 bridgehead atoms. The van der Waals surface area contributed by atoms with Crippen LogP contribution in [0, 0.1) is 0 Å². The van der Waals surface area contributed by atoms with Crippen LogP contribution in [0.1, 0.15) is 6.92 Å². The Hall–Kier alpha value is -1.28. The third-order valence-corrected chi connectivity index (χ3v) is 6.72. The number of aromatic amines is 1. The molecule has 1 aromatic heterocycles. The van der Waals surface area contributed by atoms with Crippen molar-refractivity contribution in [1.82, 2.24) is 4.98 Å². The van der Waals surface area contributed by atoms with Gasteiger partial charge in [-0.3, -0.25) is 0 Å². The molecule has 0 fully saturated rings. The highest BCUT2D eigenvalue weighted by Crippen LogP contribution is 2.38. The minimum Gasteiger partial charge on any atom is -0.349 e. The molecule has 7 heteroatoms. The summed E-state index contributed by atoms with van der Waals surface area (Å²) >= 11 is 1.46. The van der Waals surface area contributed by atoms with Gasteiger partial charge in [0, 0.05) is 22.7 Å². The summed E-state index contributed by atoms with van der Waals surface area (Å²) in [4.78, 5) is 3.87. The Labute approximate surface area is 156 Å². The molecule has 1 atom stereocenters. The highest BCUT2D eigenvalue weighted by molar-refractivity contribution is 8.93. The van der Waals surface area contributed by atoms with Gasteiger partial charge in [-0.15, -0.1) is 28.7 Å². The minimum atomic E-state index is -3.60. The first-order valence-electron chi connectivity index (χ1n) is 7.31. The molecule has 3 N–H and O–H groups in total. The van der Waals surface area contributed by atoms with Crippen LogP contribution >= 0.6 is 28.7 Å². The van der Waals surface area contributed by atoms with Gasteiger partial charge in [0.25, 0.3) is 0 Å². The molecule has 0 saturated carbocycles. The fourth-order valence-corrected chi connectivity index (χ4v) is 5.28. The van der Waals surface area contributed by atoms with Crippen molar-refractivity contribution in [2.45, 2.75) is 27.0 Å². The molecule has 0 aliphatic carbocycles. The van der Waals surface area contributed by atoms with Crippen LogP contribution in [0.3, 0.4) is 0 Å². The van der Waals surface area contributed by atoms with Gasteiger partial charge in [-0.25, -0.2) is 8.42 Å². The van der Waals surface area contributed by atoms with Crippen molar-refractivity contribution in [3.05, 3.63) is 54.6 Å². The van der Waals surface area contributed by atoms with Crippen LogP contribution in [0.15, 0.2) is 69.4 Å². The molecule has 0 radical (unpaired) electrons. The van der Waals surface area contributed by atoms with Crippen LogP contribution in [-0.4, -0.2) is 25.2 Å². The third-order valence-electron chi connectivity index (χ3n) is 3.60. The van der Waals surface area contributed by atoms with Gasteiger partial charge in [0.1, 0.15) is 4.90 Å². The van der Waals surface area contributed by atoms with Gasteiger partial charge >= 0.3 is 0 Å². The van der Waals surface area contributed by atoms with Gasteiger partial charge in [-0.05, 0) is 18.2 Å². The van der Waals surface area contributed by atoms with E-state index in [9.17, 15) is 8.42 Å². The predicted molar refractivity (Wildman–Crippen MR) is 105 cm³/mol. The average Bonchev–Trinajstić information content (AvgIpc) is 2.94. The number of rotatable bonds is 5. The number of sulfone groups is 1. The standard InChI is InChI=1S/C17H18N2O2S2.BrH/c1-12(11-18)22-17-16(14-9-5-6-10-15(14)19-17)23(20,21)13-7-3-2-4-8-13;/h2-10,12,19H,11,18H2,1H3;1H. The summed E-state index contributed by atoms with van der Waals surface area (Å²) in [7, 11) is -3.60. The predicted octanol–water partition coefficient (Wildman–Crippen LogP) is 4.02. The molecular weight excluding hydrogens is 408 g/mol. The van der Waals surface area contributed by atoms with Crippen molar-refractivity contribution < 1.29 is 8.42 Å². The van der Waals surface area contributed by atoms with Crippen LogP contribution in [0.2, 0.25) is 0 Å². The van der Waals surface area contributed by atoms with E-state index in [1.54, 1.807) is 30.3 Å². The summed E-state index contributed by atoms with van der Waals surface area (Å²) in [6.45, 7) is 2.46. The highest BCUT2D eigenvalue weighted by atomic mass is 79.9. The lowest BCUT2D eigenvalue weighted by molar-refractivity contribution is 0.595. The molecule has 3 rings (SSSR count). The van der Waals surface area contributed by atoms with Crippen molar-refractivity contribution in [3.8, 4) is 0 Å². The Morgan fingerprint density at radius 2 is 1.71 bits per heavy atom. The van der Waals surface area contributed by atoms with E-state index in [1.807, 2.05) is 31.2 Å². The molecule has 2 aromatic carbocycles. The van der Waals surface area contributed by atoms with E-state index in [-0.39, 0.29) is 22.2 Å². The summed E-state index contributed by atoms with van der Waals surface area (Å²) < 4.78 is 26.3. The Bertz CT molecular complexity index is 924. The summed E-state index contributed by atoms with van der Waals surface area (Å²) in [5.74, 6) is 0. The number of H-pyrrole nitrogens is 1. The Balaban J connectivity index is 0.00000208. The maximum Gasteiger partial charge on any atom is 0.209 e. The monoisotopic (exact) mass is 426 g/mol. The highest BCUT2D eigenvalue weighted by Gasteiger charge is 2.27. The first kappa shape index (κ1) is 19.1. The van der Waals surface area contributed by atoms with Crippen molar-refractivity contribution in [2.24, 2.45) is 5.73 Å². The lowest BCUT2D eigenvalue weighted by Gasteiger charge is -2.10. The van der Waals surface area contributed by atoms with E-state index in [0.29, 0.717) is 26.7 Å². The number of nitrogens with two attached hydrogens (primary N) is 1. The van der Waals surface area contributed by atoms with Gasteiger partial charge in [-0.2, -0.15) is 0 Å². The minimum absolute atomic E-state index is 0. The Kier molecular flexibility index (Phi) is 6.14. The van der Waals surface area contributed by atoms with E-state index in [4.69, 9.17) is 5.73 Å². The van der Waals surface area contributed by atoms with Crippen molar-refractivity contribution in [3.63, 3.8) is 0 Å². The molecular formula is C17H19BrN2O2S2. The van der Waals surface area contributed by atoms with Crippen LogP contribution in [0.5, 0.6) is 0 Å². The maximum atomic E-state index is 13.1. The normalized spacial score (nSPS) is 12.8. The van der Waals surface area contributed by atoms with Crippen LogP contribution in [0.4, 0.5) is 0 Å². The zero-order valence-electron chi connectivity index (χ0n) is 13.1. The van der Waals surface area contributed by atoms with Gasteiger partial charge in [0.15, 0.2) is 0 Å². The summed E-state index contributed by atoms with van der Waals surface area (Å²) in [5, 5.41) is 1.48. The first-order valence-corrected chi connectivity index (χ1v) is 9.68. The second kappa shape index (κ2) is 7.74. The zero-order chi connectivity index (χ0) is 16.4. The topological polar surface area (TPSA) is 76.0 Å². The van der Waals surface area contributed by atoms with E-state index in [2.05, 4.69) is 4.98 Å². The second-order valence-electron chi connectivity index (χ2n) is 5.31. The van der Waals surface area contributed by atoms with Gasteiger partial charge in [0.05, 0.1) is 9.92 Å². The summed E-state index contributed by atoms with van der Waals surface area (Å²) in [6.07, 6.45) is 0. The molecule has 1 unspecified atom stereocenters. The SMILES string of the molecule is Br.CC(CN)Sc1[nH]c2ccccc2c1S(=O)(=O)c1ccccc1. The first-order chi connectivity index (χ1) is 11.0. The van der Waals surface area contributed by atoms with E-state index < -0.39 is 9.84 Å². The average molecular weight is 427 g/mol. The van der Waals surface area contributed by atoms with E-state index in [1.165, 1.54) is 11.8 Å². The van der Waals surface area contributed by atoms with Crippen LogP contribution in [0.25, 0.3) is 10.9 Å². The molecule has 0 aliphatic heterocycles. The Morgan fingerprint density at radius 3 is 2.38 bits per heavy atom. The number of fused-ring (bicyclic) bond motifs is 1. The number of halogens is 1. The molecule has 24 heavy (non-hydrogen) atoms. The van der Waals surface area contributed by atoms with Crippen LogP contribution in [-0.2, 0) is 9.84 Å². The largest absolute Gasteiger partial charge is 0.349 e. The zero-order valence-corrected chi connectivity index (χ0v) is 16.4. The Morgan fingerprint density at radius 1 is 1.08 bits per heavy atom. The molecule has 3 aromatic rings. The van der Waals surface area contributed by atoms with Gasteiger partial charge in [-0.1, -0.05) is 43.3 Å². The number of thioether (sulfide) groups is 1. The second-order valence-corrected chi connectivity index (χ2v) is 8.64. The van der Waals surface area contributed by atoms with Gasteiger partial charge < -0.3 is 10.7 Å². The molecule has 0 saturated heterocycles. The maximum absolute atomic E-state index is 13.1. The lowest BCUT2D eigenvalue weighted by Crippen LogP contribution is -2.13. The van der Waals surface area contributed by atoms with Crippen molar-refractivity contribution in [1.29, 1.82) is 0 Å².